The van der Waals surface area contributed by atoms with Crippen LogP contribution in [-0.2, 0) is 11.8 Å². The summed E-state index contributed by atoms with van der Waals surface area (Å²) in [5.41, 5.74) is 8.92. The van der Waals surface area contributed by atoms with Crippen LogP contribution in [0.4, 0.5) is 4.39 Å². The summed E-state index contributed by atoms with van der Waals surface area (Å²) in [6.45, 7) is 20.3. The number of hydrogen-bond donors (Lipinski definition) is 0. The van der Waals surface area contributed by atoms with Gasteiger partial charge in [-0.05, 0) is 102 Å². The SMILES string of the molecule is CCCCCc1c(C)cc(F)cc1-c1cc(C(C)(C)CC(C)(C)C)cc(C)c1C. The van der Waals surface area contributed by atoms with Crippen LogP contribution in [0.1, 0.15) is 95.0 Å². The highest BCUT2D eigenvalue weighted by Gasteiger charge is 2.28. The summed E-state index contributed by atoms with van der Waals surface area (Å²) in [5, 5.41) is 0. The monoisotopic (exact) mass is 396 g/mol. The van der Waals surface area contributed by atoms with Crippen molar-refractivity contribution in [3.05, 3.63) is 57.9 Å². The van der Waals surface area contributed by atoms with Crippen molar-refractivity contribution >= 4 is 0 Å². The smallest absolute Gasteiger partial charge is 0.124 e. The van der Waals surface area contributed by atoms with Gasteiger partial charge in [-0.15, -0.1) is 0 Å². The lowest BCUT2D eigenvalue weighted by Gasteiger charge is -2.34. The second-order valence-electron chi connectivity index (χ2n) is 10.8. The summed E-state index contributed by atoms with van der Waals surface area (Å²) >= 11 is 0. The van der Waals surface area contributed by atoms with E-state index in [2.05, 4.69) is 74.4 Å². The third-order valence-corrected chi connectivity index (χ3v) is 6.18. The lowest BCUT2D eigenvalue weighted by molar-refractivity contribution is 0.284. The Hall–Kier alpha value is -1.63. The van der Waals surface area contributed by atoms with E-state index in [0.717, 1.165) is 30.4 Å². The van der Waals surface area contributed by atoms with Crippen LogP contribution in [0.3, 0.4) is 0 Å². The van der Waals surface area contributed by atoms with Gasteiger partial charge in [0.15, 0.2) is 0 Å². The van der Waals surface area contributed by atoms with E-state index in [1.165, 1.54) is 40.7 Å². The maximum absolute atomic E-state index is 14.5. The predicted molar refractivity (Wildman–Crippen MR) is 126 cm³/mol. The molecule has 0 saturated heterocycles. The van der Waals surface area contributed by atoms with Crippen molar-refractivity contribution in [2.24, 2.45) is 5.41 Å². The van der Waals surface area contributed by atoms with Crippen LogP contribution in [0.2, 0.25) is 0 Å². The predicted octanol–water partition coefficient (Wildman–Crippen LogP) is 8.86. The minimum Gasteiger partial charge on any atom is -0.207 e. The quantitative estimate of drug-likeness (QED) is 0.410. The van der Waals surface area contributed by atoms with Crippen molar-refractivity contribution in [3.8, 4) is 11.1 Å². The fourth-order valence-corrected chi connectivity index (χ4v) is 4.85. The Morgan fingerprint density at radius 1 is 0.793 bits per heavy atom. The molecule has 0 radical (unpaired) electrons. The third-order valence-electron chi connectivity index (χ3n) is 6.18. The molecule has 2 aromatic carbocycles. The topological polar surface area (TPSA) is 0 Å². The fourth-order valence-electron chi connectivity index (χ4n) is 4.85. The van der Waals surface area contributed by atoms with Crippen molar-refractivity contribution in [2.75, 3.05) is 0 Å². The van der Waals surface area contributed by atoms with Crippen LogP contribution in [0.15, 0.2) is 24.3 Å². The molecule has 0 aliphatic rings. The third kappa shape index (κ3) is 5.93. The molecular weight excluding hydrogens is 355 g/mol. The molecule has 0 atom stereocenters. The molecule has 0 saturated carbocycles. The minimum atomic E-state index is -0.131. The largest absolute Gasteiger partial charge is 0.207 e. The Morgan fingerprint density at radius 2 is 1.45 bits per heavy atom. The van der Waals surface area contributed by atoms with Crippen LogP contribution in [-0.4, -0.2) is 0 Å². The summed E-state index contributed by atoms with van der Waals surface area (Å²) in [5.74, 6) is -0.131. The van der Waals surface area contributed by atoms with E-state index in [1.807, 2.05) is 0 Å². The van der Waals surface area contributed by atoms with Crippen LogP contribution >= 0.6 is 0 Å². The van der Waals surface area contributed by atoms with Crippen LogP contribution in [0, 0.1) is 32.0 Å². The molecule has 0 nitrogen and oxygen atoms in total. The van der Waals surface area contributed by atoms with Crippen molar-refractivity contribution in [2.45, 2.75) is 99.8 Å². The van der Waals surface area contributed by atoms with Gasteiger partial charge in [-0.3, -0.25) is 0 Å². The number of unbranched alkanes of at least 4 members (excludes halogenated alkanes) is 2. The molecule has 0 unspecified atom stereocenters. The molecule has 0 amide bonds. The molecule has 0 aliphatic heterocycles. The van der Waals surface area contributed by atoms with E-state index < -0.39 is 0 Å². The number of hydrogen-bond acceptors (Lipinski definition) is 0. The molecule has 2 aromatic rings. The van der Waals surface area contributed by atoms with Gasteiger partial charge in [-0.1, -0.05) is 66.5 Å². The molecule has 0 fully saturated rings. The molecular formula is C28H41F. The van der Waals surface area contributed by atoms with Crippen LogP contribution < -0.4 is 0 Å². The summed E-state index contributed by atoms with van der Waals surface area (Å²) < 4.78 is 14.5. The van der Waals surface area contributed by atoms with E-state index in [-0.39, 0.29) is 16.6 Å². The normalized spacial score (nSPS) is 12.5. The molecule has 29 heavy (non-hydrogen) atoms. The average Bonchev–Trinajstić information content (AvgIpc) is 2.56. The van der Waals surface area contributed by atoms with Gasteiger partial charge >= 0.3 is 0 Å². The lowest BCUT2D eigenvalue weighted by Crippen LogP contribution is -2.25. The summed E-state index contributed by atoms with van der Waals surface area (Å²) in [6, 6.07) is 8.13. The standard InChI is InChI=1S/C28H41F/c1-10-11-12-13-24-20(3)15-23(29)17-26(24)25-16-22(14-19(2)21(25)4)28(8,9)18-27(5,6)7/h14-17H,10-13,18H2,1-9H3. The number of halogens is 1. The van der Waals surface area contributed by atoms with Gasteiger partial charge in [0.25, 0.3) is 0 Å². The van der Waals surface area contributed by atoms with E-state index in [4.69, 9.17) is 0 Å². The summed E-state index contributed by atoms with van der Waals surface area (Å²) in [4.78, 5) is 0. The molecule has 0 aliphatic carbocycles. The maximum Gasteiger partial charge on any atom is 0.124 e. The number of rotatable bonds is 7. The second kappa shape index (κ2) is 9.02. The lowest BCUT2D eigenvalue weighted by atomic mass is 9.71. The van der Waals surface area contributed by atoms with Gasteiger partial charge in [0, 0.05) is 0 Å². The molecule has 160 valence electrons. The molecule has 2 rings (SSSR count). The zero-order valence-corrected chi connectivity index (χ0v) is 20.2. The summed E-state index contributed by atoms with van der Waals surface area (Å²) in [7, 11) is 0. The van der Waals surface area contributed by atoms with Crippen LogP contribution in [0.25, 0.3) is 11.1 Å². The molecule has 0 N–H and O–H groups in total. The zero-order valence-electron chi connectivity index (χ0n) is 20.2. The molecule has 0 aromatic heterocycles. The van der Waals surface area contributed by atoms with Crippen LogP contribution in [0.5, 0.6) is 0 Å². The van der Waals surface area contributed by atoms with E-state index in [9.17, 15) is 4.39 Å². The number of benzene rings is 2. The minimum absolute atomic E-state index is 0.0657. The van der Waals surface area contributed by atoms with Gasteiger partial charge in [0.2, 0.25) is 0 Å². The van der Waals surface area contributed by atoms with Gasteiger partial charge in [-0.2, -0.15) is 0 Å². The van der Waals surface area contributed by atoms with Crippen molar-refractivity contribution in [1.29, 1.82) is 0 Å². The first-order chi connectivity index (χ1) is 13.4. The first-order valence-corrected chi connectivity index (χ1v) is 11.3. The maximum atomic E-state index is 14.5. The average molecular weight is 397 g/mol. The second-order valence-corrected chi connectivity index (χ2v) is 10.8. The molecule has 0 bridgehead atoms. The highest BCUT2D eigenvalue weighted by Crippen LogP contribution is 2.40. The van der Waals surface area contributed by atoms with Crippen molar-refractivity contribution in [3.63, 3.8) is 0 Å². The Bertz CT molecular complexity index is 850. The van der Waals surface area contributed by atoms with Crippen molar-refractivity contribution in [1.82, 2.24) is 0 Å². The van der Waals surface area contributed by atoms with Gasteiger partial charge in [-0.25, -0.2) is 4.39 Å². The Kier molecular flexibility index (Phi) is 7.36. The van der Waals surface area contributed by atoms with Gasteiger partial charge in [0.1, 0.15) is 5.82 Å². The molecule has 0 heterocycles. The highest BCUT2D eigenvalue weighted by molar-refractivity contribution is 5.74. The Labute approximate surface area is 178 Å². The number of aryl methyl sites for hydroxylation is 2. The van der Waals surface area contributed by atoms with E-state index >= 15 is 0 Å². The first-order valence-electron chi connectivity index (χ1n) is 11.3. The molecule has 1 heteroatoms. The van der Waals surface area contributed by atoms with Gasteiger partial charge in [0.05, 0.1) is 0 Å². The van der Waals surface area contributed by atoms with E-state index in [0.29, 0.717) is 0 Å². The van der Waals surface area contributed by atoms with Crippen molar-refractivity contribution < 1.29 is 4.39 Å². The highest BCUT2D eigenvalue weighted by atomic mass is 19.1. The fraction of sp³-hybridized carbons (Fsp3) is 0.571. The van der Waals surface area contributed by atoms with E-state index in [1.54, 1.807) is 12.1 Å². The Morgan fingerprint density at radius 3 is 2.03 bits per heavy atom. The summed E-state index contributed by atoms with van der Waals surface area (Å²) in [6.07, 6.45) is 5.69. The van der Waals surface area contributed by atoms with Gasteiger partial charge < -0.3 is 0 Å². The molecule has 0 spiro atoms. The Balaban J connectivity index is 2.65. The zero-order chi connectivity index (χ0) is 22.0. The first kappa shape index (κ1) is 23.6.